The van der Waals surface area contributed by atoms with Crippen LogP contribution in [0.2, 0.25) is 0 Å². The number of hydrogen-bond acceptors (Lipinski definition) is 4. The lowest BCUT2D eigenvalue weighted by Gasteiger charge is -2.14. The van der Waals surface area contributed by atoms with Gasteiger partial charge in [0.05, 0.1) is 14.2 Å². The van der Waals surface area contributed by atoms with Crippen LogP contribution in [0.25, 0.3) is 0 Å². The van der Waals surface area contributed by atoms with E-state index in [-0.39, 0.29) is 18.5 Å². The summed E-state index contributed by atoms with van der Waals surface area (Å²) in [6.07, 6.45) is 1.31. The summed E-state index contributed by atoms with van der Waals surface area (Å²) in [6.45, 7) is 1.94. The zero-order chi connectivity index (χ0) is 11.4. The van der Waals surface area contributed by atoms with E-state index in [1.807, 2.05) is 18.2 Å². The molecule has 1 aliphatic rings. The molecule has 5 heteroatoms. The number of hydrogen-bond donors (Lipinski definition) is 1. The third-order valence-corrected chi connectivity index (χ3v) is 2.67. The number of ether oxygens (including phenoxy) is 3. The molecule has 0 bridgehead atoms. The van der Waals surface area contributed by atoms with Gasteiger partial charge in [0.1, 0.15) is 11.9 Å². The van der Waals surface area contributed by atoms with E-state index in [9.17, 15) is 0 Å². The first-order valence-electron chi connectivity index (χ1n) is 5.43. The van der Waals surface area contributed by atoms with Crippen LogP contribution in [0.4, 0.5) is 0 Å². The fourth-order valence-electron chi connectivity index (χ4n) is 1.81. The van der Waals surface area contributed by atoms with Crippen LogP contribution in [0.5, 0.6) is 17.2 Å². The van der Waals surface area contributed by atoms with Crippen molar-refractivity contribution < 1.29 is 14.2 Å². The molecule has 1 aliphatic heterocycles. The number of halogens is 1. The molecule has 0 radical (unpaired) electrons. The Labute approximate surface area is 108 Å². The van der Waals surface area contributed by atoms with Gasteiger partial charge in [-0.15, -0.1) is 12.4 Å². The van der Waals surface area contributed by atoms with Crippen LogP contribution in [-0.2, 0) is 0 Å². The average molecular weight is 260 g/mol. The van der Waals surface area contributed by atoms with Gasteiger partial charge in [-0.05, 0) is 25.1 Å². The molecule has 0 amide bonds. The molecule has 0 aromatic heterocycles. The third-order valence-electron chi connectivity index (χ3n) is 2.67. The fraction of sp³-hybridized carbons (Fsp3) is 0.500. The Morgan fingerprint density at radius 2 is 1.94 bits per heavy atom. The van der Waals surface area contributed by atoms with Crippen LogP contribution in [0.1, 0.15) is 6.42 Å². The first-order chi connectivity index (χ1) is 7.83. The van der Waals surface area contributed by atoms with Gasteiger partial charge in [0.15, 0.2) is 11.5 Å². The van der Waals surface area contributed by atoms with Crippen molar-refractivity contribution in [3.63, 3.8) is 0 Å². The minimum absolute atomic E-state index is 0. The zero-order valence-electron chi connectivity index (χ0n) is 10.1. The fourth-order valence-corrected chi connectivity index (χ4v) is 1.81. The van der Waals surface area contributed by atoms with Crippen LogP contribution in [0, 0.1) is 0 Å². The maximum Gasteiger partial charge on any atom is 0.164 e. The molecule has 0 spiro atoms. The molecule has 2 rings (SSSR count). The smallest absolute Gasteiger partial charge is 0.164 e. The molecule has 17 heavy (non-hydrogen) atoms. The number of rotatable bonds is 4. The lowest BCUT2D eigenvalue weighted by molar-refractivity contribution is 0.221. The van der Waals surface area contributed by atoms with Gasteiger partial charge in [-0.25, -0.2) is 0 Å². The molecule has 1 fully saturated rings. The zero-order valence-corrected chi connectivity index (χ0v) is 10.9. The minimum atomic E-state index is 0. The summed E-state index contributed by atoms with van der Waals surface area (Å²) in [5.74, 6) is 2.25. The van der Waals surface area contributed by atoms with Crippen LogP contribution in [0.15, 0.2) is 18.2 Å². The van der Waals surface area contributed by atoms with E-state index in [0.717, 1.165) is 31.0 Å². The molecule has 0 aliphatic carbocycles. The highest BCUT2D eigenvalue weighted by Crippen LogP contribution is 2.31. The van der Waals surface area contributed by atoms with Crippen LogP contribution < -0.4 is 19.5 Å². The molecule has 1 atom stereocenters. The van der Waals surface area contributed by atoms with Crippen molar-refractivity contribution in [1.29, 1.82) is 0 Å². The molecule has 1 heterocycles. The van der Waals surface area contributed by atoms with E-state index in [4.69, 9.17) is 14.2 Å². The van der Waals surface area contributed by atoms with Crippen LogP contribution in [-0.4, -0.2) is 33.4 Å². The van der Waals surface area contributed by atoms with Gasteiger partial charge in [0.2, 0.25) is 0 Å². The molecule has 1 N–H and O–H groups in total. The Kier molecular flexibility index (Phi) is 5.38. The maximum atomic E-state index is 5.82. The van der Waals surface area contributed by atoms with Crippen molar-refractivity contribution in [2.24, 2.45) is 0 Å². The van der Waals surface area contributed by atoms with Gasteiger partial charge in [0, 0.05) is 12.6 Å². The topological polar surface area (TPSA) is 39.7 Å². The van der Waals surface area contributed by atoms with Crippen molar-refractivity contribution in [3.05, 3.63) is 18.2 Å². The van der Waals surface area contributed by atoms with Gasteiger partial charge in [-0.2, -0.15) is 0 Å². The van der Waals surface area contributed by atoms with E-state index in [1.54, 1.807) is 14.2 Å². The van der Waals surface area contributed by atoms with Gasteiger partial charge >= 0.3 is 0 Å². The summed E-state index contributed by atoms with van der Waals surface area (Å²) in [6, 6.07) is 5.62. The molecular formula is C12H18ClNO3. The monoisotopic (exact) mass is 259 g/mol. The Morgan fingerprint density at radius 1 is 1.18 bits per heavy atom. The predicted molar refractivity (Wildman–Crippen MR) is 68.7 cm³/mol. The third kappa shape index (κ3) is 3.41. The van der Waals surface area contributed by atoms with Crippen molar-refractivity contribution in [3.8, 4) is 17.2 Å². The van der Waals surface area contributed by atoms with Crippen LogP contribution in [0.3, 0.4) is 0 Å². The molecular weight excluding hydrogens is 242 g/mol. The molecule has 1 aromatic carbocycles. The summed E-state index contributed by atoms with van der Waals surface area (Å²) >= 11 is 0. The molecule has 1 aromatic rings. The SMILES string of the molecule is COc1ccc(OC2CCNC2)cc1OC.Cl. The lowest BCUT2D eigenvalue weighted by atomic mass is 10.2. The summed E-state index contributed by atoms with van der Waals surface area (Å²) in [5.41, 5.74) is 0. The highest BCUT2D eigenvalue weighted by molar-refractivity contribution is 5.85. The number of benzene rings is 1. The van der Waals surface area contributed by atoms with Gasteiger partial charge < -0.3 is 19.5 Å². The Hall–Kier alpha value is -1.13. The second kappa shape index (κ2) is 6.57. The van der Waals surface area contributed by atoms with E-state index in [1.165, 1.54) is 0 Å². The van der Waals surface area contributed by atoms with Crippen molar-refractivity contribution in [2.45, 2.75) is 12.5 Å². The normalized spacial score (nSPS) is 18.4. The van der Waals surface area contributed by atoms with Gasteiger partial charge in [-0.1, -0.05) is 0 Å². The lowest BCUT2D eigenvalue weighted by Crippen LogP contribution is -2.19. The van der Waals surface area contributed by atoms with E-state index in [2.05, 4.69) is 5.32 Å². The van der Waals surface area contributed by atoms with Gasteiger partial charge in [-0.3, -0.25) is 0 Å². The van der Waals surface area contributed by atoms with Gasteiger partial charge in [0.25, 0.3) is 0 Å². The van der Waals surface area contributed by atoms with Crippen LogP contribution >= 0.6 is 12.4 Å². The highest BCUT2D eigenvalue weighted by Gasteiger charge is 2.16. The second-order valence-electron chi connectivity index (χ2n) is 3.75. The summed E-state index contributed by atoms with van der Waals surface area (Å²) in [5, 5.41) is 3.26. The molecule has 96 valence electrons. The Morgan fingerprint density at radius 3 is 2.53 bits per heavy atom. The molecule has 0 saturated carbocycles. The van der Waals surface area contributed by atoms with Crippen molar-refractivity contribution in [1.82, 2.24) is 5.32 Å². The quantitative estimate of drug-likeness (QED) is 0.896. The Bertz CT molecular complexity index is 354. The maximum absolute atomic E-state index is 5.82. The standard InChI is InChI=1S/C12H17NO3.ClH/c1-14-11-4-3-9(7-12(11)15-2)16-10-5-6-13-8-10;/h3-4,7,10,13H,5-6,8H2,1-2H3;1H. The van der Waals surface area contributed by atoms with Crippen molar-refractivity contribution >= 4 is 12.4 Å². The first-order valence-corrected chi connectivity index (χ1v) is 5.43. The van der Waals surface area contributed by atoms with E-state index < -0.39 is 0 Å². The predicted octanol–water partition coefficient (Wildman–Crippen LogP) is 1.87. The largest absolute Gasteiger partial charge is 0.493 e. The number of methoxy groups -OCH3 is 2. The van der Waals surface area contributed by atoms with Crippen molar-refractivity contribution in [2.75, 3.05) is 27.3 Å². The Balaban J connectivity index is 0.00000144. The molecule has 1 saturated heterocycles. The average Bonchev–Trinajstić information content (AvgIpc) is 2.81. The first kappa shape index (κ1) is 13.9. The summed E-state index contributed by atoms with van der Waals surface area (Å²) < 4.78 is 16.2. The molecule has 1 unspecified atom stereocenters. The number of nitrogens with one attached hydrogen (secondary N) is 1. The highest BCUT2D eigenvalue weighted by atomic mass is 35.5. The summed E-state index contributed by atoms with van der Waals surface area (Å²) in [7, 11) is 3.25. The van der Waals surface area contributed by atoms with E-state index >= 15 is 0 Å². The second-order valence-corrected chi connectivity index (χ2v) is 3.75. The molecule has 4 nitrogen and oxygen atoms in total. The van der Waals surface area contributed by atoms with E-state index in [0.29, 0.717) is 5.75 Å². The summed E-state index contributed by atoms with van der Waals surface area (Å²) in [4.78, 5) is 0. The minimum Gasteiger partial charge on any atom is -0.493 e.